The fourth-order valence-electron chi connectivity index (χ4n) is 3.09. The second-order valence-electron chi connectivity index (χ2n) is 6.45. The Kier molecular flexibility index (Phi) is 7.30. The fraction of sp³-hybridized carbons (Fsp3) is 0.261. The average Bonchev–Trinajstić information content (AvgIpc) is 3.17. The summed E-state index contributed by atoms with van der Waals surface area (Å²) >= 11 is 0. The number of methoxy groups -OCH3 is 2. The third kappa shape index (κ3) is 5.39. The zero-order valence-electron chi connectivity index (χ0n) is 16.7. The van der Waals surface area contributed by atoms with E-state index in [2.05, 4.69) is 10.3 Å². The first-order chi connectivity index (χ1) is 14.2. The molecule has 0 aliphatic rings. The maximum absolute atomic E-state index is 12.2. The molecule has 29 heavy (non-hydrogen) atoms. The Morgan fingerprint density at radius 1 is 1.07 bits per heavy atom. The highest BCUT2D eigenvalue weighted by atomic mass is 16.5. The Morgan fingerprint density at radius 3 is 2.72 bits per heavy atom. The number of benzene rings is 2. The number of hydrogen-bond donors (Lipinski definition) is 2. The van der Waals surface area contributed by atoms with Gasteiger partial charge in [-0.25, -0.2) is 0 Å². The molecule has 0 radical (unpaired) electrons. The standard InChI is InChI=1S/C23H26N2O4/c1-27-14-15-29-20-8-4-3-6-17(20)12-13-24-22(26)11-10-18-16-25-23-19(18)7-5-9-21(23)28-2/h3-11,16,25H,12-15H2,1-2H3,(H,24,26)/b11-10+. The van der Waals surface area contributed by atoms with Gasteiger partial charge in [-0.15, -0.1) is 0 Å². The lowest BCUT2D eigenvalue weighted by atomic mass is 10.1. The number of ether oxygens (including phenoxy) is 3. The van der Waals surface area contributed by atoms with Gasteiger partial charge in [0, 0.05) is 36.9 Å². The van der Waals surface area contributed by atoms with Crippen LogP contribution in [0.3, 0.4) is 0 Å². The Hall–Kier alpha value is -3.25. The van der Waals surface area contributed by atoms with Crippen LogP contribution in [0.15, 0.2) is 54.7 Å². The van der Waals surface area contributed by atoms with Gasteiger partial charge in [0.1, 0.15) is 18.1 Å². The summed E-state index contributed by atoms with van der Waals surface area (Å²) in [5.74, 6) is 1.46. The monoisotopic (exact) mass is 394 g/mol. The molecule has 0 aliphatic heterocycles. The van der Waals surface area contributed by atoms with E-state index in [1.54, 1.807) is 26.4 Å². The van der Waals surface area contributed by atoms with Gasteiger partial charge in [-0.2, -0.15) is 0 Å². The van der Waals surface area contributed by atoms with E-state index in [1.165, 1.54) is 0 Å². The first-order valence-corrected chi connectivity index (χ1v) is 9.52. The second-order valence-corrected chi connectivity index (χ2v) is 6.45. The van der Waals surface area contributed by atoms with Crippen molar-refractivity contribution in [2.75, 3.05) is 34.0 Å². The molecule has 0 bridgehead atoms. The van der Waals surface area contributed by atoms with E-state index in [9.17, 15) is 4.79 Å². The summed E-state index contributed by atoms with van der Waals surface area (Å²) in [6, 6.07) is 13.6. The van der Waals surface area contributed by atoms with Gasteiger partial charge in [0.15, 0.2) is 0 Å². The van der Waals surface area contributed by atoms with Crippen molar-refractivity contribution in [3.63, 3.8) is 0 Å². The van der Waals surface area contributed by atoms with Crippen LogP contribution in [-0.2, 0) is 16.0 Å². The van der Waals surface area contributed by atoms with Crippen LogP contribution in [0.1, 0.15) is 11.1 Å². The topological polar surface area (TPSA) is 72.6 Å². The van der Waals surface area contributed by atoms with Crippen molar-refractivity contribution in [2.45, 2.75) is 6.42 Å². The summed E-state index contributed by atoms with van der Waals surface area (Å²) in [6.07, 6.45) is 5.90. The molecule has 3 aromatic rings. The van der Waals surface area contributed by atoms with Crippen molar-refractivity contribution in [1.82, 2.24) is 10.3 Å². The number of hydrogen-bond acceptors (Lipinski definition) is 4. The van der Waals surface area contributed by atoms with E-state index in [4.69, 9.17) is 14.2 Å². The molecule has 0 spiro atoms. The third-order valence-electron chi connectivity index (χ3n) is 4.55. The predicted molar refractivity (Wildman–Crippen MR) is 114 cm³/mol. The molecule has 1 aromatic heterocycles. The average molecular weight is 394 g/mol. The second kappa shape index (κ2) is 10.3. The molecule has 1 heterocycles. The molecule has 6 heteroatoms. The lowest BCUT2D eigenvalue weighted by Crippen LogP contribution is -2.23. The molecule has 0 fully saturated rings. The fourth-order valence-corrected chi connectivity index (χ4v) is 3.09. The zero-order valence-corrected chi connectivity index (χ0v) is 16.7. The summed E-state index contributed by atoms with van der Waals surface area (Å²) in [4.78, 5) is 15.4. The number of amides is 1. The maximum atomic E-state index is 12.2. The van der Waals surface area contributed by atoms with Crippen molar-refractivity contribution in [2.24, 2.45) is 0 Å². The van der Waals surface area contributed by atoms with Crippen molar-refractivity contribution in [1.29, 1.82) is 0 Å². The Balaban J connectivity index is 1.55. The minimum absolute atomic E-state index is 0.139. The van der Waals surface area contributed by atoms with Gasteiger partial charge in [0.05, 0.1) is 19.2 Å². The largest absolute Gasteiger partial charge is 0.495 e. The van der Waals surface area contributed by atoms with Gasteiger partial charge in [-0.3, -0.25) is 4.79 Å². The van der Waals surface area contributed by atoms with E-state index in [-0.39, 0.29) is 5.91 Å². The van der Waals surface area contributed by atoms with Crippen molar-refractivity contribution < 1.29 is 19.0 Å². The van der Waals surface area contributed by atoms with Crippen molar-refractivity contribution >= 4 is 22.9 Å². The Bertz CT molecular complexity index is 978. The van der Waals surface area contributed by atoms with Crippen LogP contribution in [0.5, 0.6) is 11.5 Å². The van der Waals surface area contributed by atoms with Crippen LogP contribution >= 0.6 is 0 Å². The summed E-state index contributed by atoms with van der Waals surface area (Å²) in [5.41, 5.74) is 2.91. The molecule has 1 amide bonds. The SMILES string of the molecule is COCCOc1ccccc1CCNC(=O)/C=C/c1c[nH]c2c(OC)cccc12. The number of rotatable bonds is 10. The Labute approximate surface area is 170 Å². The number of nitrogens with one attached hydrogen (secondary N) is 2. The van der Waals surface area contributed by atoms with E-state index < -0.39 is 0 Å². The number of H-pyrrole nitrogens is 1. The summed E-state index contributed by atoms with van der Waals surface area (Å²) in [7, 11) is 3.28. The zero-order chi connectivity index (χ0) is 20.5. The van der Waals surface area contributed by atoms with E-state index in [1.807, 2.05) is 48.7 Å². The van der Waals surface area contributed by atoms with Crippen molar-refractivity contribution in [3.05, 3.63) is 65.9 Å². The number of carbonyl (C=O) groups is 1. The molecular weight excluding hydrogens is 368 g/mol. The lowest BCUT2D eigenvalue weighted by molar-refractivity contribution is -0.116. The molecule has 0 atom stereocenters. The van der Waals surface area contributed by atoms with E-state index in [0.717, 1.165) is 33.5 Å². The van der Waals surface area contributed by atoms with E-state index in [0.29, 0.717) is 26.2 Å². The van der Waals surface area contributed by atoms with Gasteiger partial charge < -0.3 is 24.5 Å². The first-order valence-electron chi connectivity index (χ1n) is 9.52. The minimum Gasteiger partial charge on any atom is -0.495 e. The highest BCUT2D eigenvalue weighted by Crippen LogP contribution is 2.27. The first kappa shape index (κ1) is 20.5. The number of aromatic amines is 1. The predicted octanol–water partition coefficient (Wildman–Crippen LogP) is 3.57. The van der Waals surface area contributed by atoms with Gasteiger partial charge in [-0.1, -0.05) is 30.3 Å². The molecule has 0 saturated carbocycles. The summed E-state index contributed by atoms with van der Waals surface area (Å²) < 4.78 is 16.1. The molecule has 2 N–H and O–H groups in total. The number of carbonyl (C=O) groups excluding carboxylic acids is 1. The number of fused-ring (bicyclic) bond motifs is 1. The summed E-state index contributed by atoms with van der Waals surface area (Å²) in [5, 5.41) is 3.93. The highest BCUT2D eigenvalue weighted by Gasteiger charge is 2.07. The Morgan fingerprint density at radius 2 is 1.90 bits per heavy atom. The van der Waals surface area contributed by atoms with E-state index >= 15 is 0 Å². The highest BCUT2D eigenvalue weighted by molar-refractivity contribution is 5.97. The molecule has 6 nitrogen and oxygen atoms in total. The van der Waals surface area contributed by atoms with Crippen LogP contribution in [0, 0.1) is 0 Å². The van der Waals surface area contributed by atoms with Crippen molar-refractivity contribution in [3.8, 4) is 11.5 Å². The molecule has 0 unspecified atom stereocenters. The smallest absolute Gasteiger partial charge is 0.244 e. The molecule has 0 saturated heterocycles. The molecule has 0 aliphatic carbocycles. The maximum Gasteiger partial charge on any atom is 0.244 e. The van der Waals surface area contributed by atoms with Crippen LogP contribution in [0.25, 0.3) is 17.0 Å². The van der Waals surface area contributed by atoms with Gasteiger partial charge in [0.2, 0.25) is 5.91 Å². The number of para-hydroxylation sites is 2. The van der Waals surface area contributed by atoms with Crippen LogP contribution in [0.2, 0.25) is 0 Å². The normalized spacial score (nSPS) is 11.1. The molecular formula is C23H26N2O4. The number of aromatic nitrogens is 1. The molecule has 2 aromatic carbocycles. The minimum atomic E-state index is -0.139. The quantitative estimate of drug-likeness (QED) is 0.407. The third-order valence-corrected chi connectivity index (χ3v) is 4.55. The van der Waals surface area contributed by atoms with Gasteiger partial charge in [0.25, 0.3) is 0 Å². The van der Waals surface area contributed by atoms with Crippen LogP contribution < -0.4 is 14.8 Å². The van der Waals surface area contributed by atoms with Crippen LogP contribution in [0.4, 0.5) is 0 Å². The molecule has 3 rings (SSSR count). The van der Waals surface area contributed by atoms with Gasteiger partial charge in [-0.05, 0) is 30.2 Å². The summed E-state index contributed by atoms with van der Waals surface area (Å²) in [6.45, 7) is 1.56. The molecule has 152 valence electrons. The van der Waals surface area contributed by atoms with Gasteiger partial charge >= 0.3 is 0 Å². The lowest BCUT2D eigenvalue weighted by Gasteiger charge is -2.11. The van der Waals surface area contributed by atoms with Crippen LogP contribution in [-0.4, -0.2) is 44.9 Å².